The Bertz CT molecular complexity index is 326. The number of nitrogens with one attached hydrogen (secondary N) is 1. The third kappa shape index (κ3) is 2.06. The van der Waals surface area contributed by atoms with E-state index in [4.69, 9.17) is 5.73 Å². The monoisotopic (exact) mass is 203 g/mol. The summed E-state index contributed by atoms with van der Waals surface area (Å²) in [5.41, 5.74) is 6.34. The normalized spacial score (nSPS) is 20.6. The maximum Gasteiger partial charge on any atom is 0.126 e. The van der Waals surface area contributed by atoms with Crippen molar-refractivity contribution in [1.82, 2.24) is 4.98 Å². The molecule has 2 aliphatic rings. The van der Waals surface area contributed by atoms with Crippen LogP contribution in [0.5, 0.6) is 0 Å². The molecule has 1 heterocycles. The summed E-state index contributed by atoms with van der Waals surface area (Å²) in [6.07, 6.45) is 7.29. The van der Waals surface area contributed by atoms with Gasteiger partial charge in [0.1, 0.15) is 5.82 Å². The standard InChI is InChI=1S/C12H17N3/c13-10-5-6-11(14-7-10)15-12(8-1-2-8)9-3-4-9/h5-9,12H,1-4,13H2,(H,14,15). The number of rotatable bonds is 4. The number of nitrogen functional groups attached to an aromatic ring is 1. The summed E-state index contributed by atoms with van der Waals surface area (Å²) in [6.45, 7) is 0. The molecule has 1 aromatic rings. The fraction of sp³-hybridized carbons (Fsp3) is 0.583. The van der Waals surface area contributed by atoms with Gasteiger partial charge in [-0.3, -0.25) is 0 Å². The van der Waals surface area contributed by atoms with Gasteiger partial charge in [0.15, 0.2) is 0 Å². The zero-order valence-electron chi connectivity index (χ0n) is 8.82. The van der Waals surface area contributed by atoms with E-state index >= 15 is 0 Å². The van der Waals surface area contributed by atoms with Crippen LogP contribution in [0.2, 0.25) is 0 Å². The number of nitrogens with zero attached hydrogens (tertiary/aromatic N) is 1. The van der Waals surface area contributed by atoms with Crippen molar-refractivity contribution >= 4 is 11.5 Å². The van der Waals surface area contributed by atoms with Crippen LogP contribution < -0.4 is 11.1 Å². The van der Waals surface area contributed by atoms with Crippen molar-refractivity contribution in [1.29, 1.82) is 0 Å². The molecule has 0 aromatic carbocycles. The highest BCUT2D eigenvalue weighted by atomic mass is 15.0. The van der Waals surface area contributed by atoms with Gasteiger partial charge in [-0.25, -0.2) is 4.98 Å². The topological polar surface area (TPSA) is 50.9 Å². The van der Waals surface area contributed by atoms with Gasteiger partial charge in [-0.1, -0.05) is 0 Å². The maximum absolute atomic E-state index is 5.61. The highest BCUT2D eigenvalue weighted by molar-refractivity contribution is 5.44. The Morgan fingerprint density at radius 3 is 2.33 bits per heavy atom. The molecule has 3 N–H and O–H groups in total. The summed E-state index contributed by atoms with van der Waals surface area (Å²) in [6, 6.07) is 4.56. The molecule has 3 nitrogen and oxygen atoms in total. The van der Waals surface area contributed by atoms with Gasteiger partial charge in [-0.15, -0.1) is 0 Å². The second-order valence-corrected chi connectivity index (χ2v) is 4.82. The zero-order chi connectivity index (χ0) is 10.3. The lowest BCUT2D eigenvalue weighted by Gasteiger charge is -2.18. The van der Waals surface area contributed by atoms with E-state index in [2.05, 4.69) is 10.3 Å². The highest BCUT2D eigenvalue weighted by Gasteiger charge is 2.41. The average Bonchev–Trinajstić information content (AvgIpc) is 3.11. The summed E-state index contributed by atoms with van der Waals surface area (Å²) in [7, 11) is 0. The summed E-state index contributed by atoms with van der Waals surface area (Å²) in [5, 5.41) is 3.56. The molecule has 1 aromatic heterocycles. The first-order chi connectivity index (χ1) is 7.33. The van der Waals surface area contributed by atoms with E-state index in [1.807, 2.05) is 12.1 Å². The quantitative estimate of drug-likeness (QED) is 0.789. The Morgan fingerprint density at radius 2 is 1.87 bits per heavy atom. The Kier molecular flexibility index (Phi) is 2.04. The van der Waals surface area contributed by atoms with Gasteiger partial charge in [0, 0.05) is 6.04 Å². The molecule has 80 valence electrons. The third-order valence-electron chi connectivity index (χ3n) is 3.36. The molecule has 3 heteroatoms. The average molecular weight is 203 g/mol. The van der Waals surface area contributed by atoms with Crippen molar-refractivity contribution in [3.05, 3.63) is 18.3 Å². The smallest absolute Gasteiger partial charge is 0.126 e. The Morgan fingerprint density at radius 1 is 1.20 bits per heavy atom. The van der Waals surface area contributed by atoms with Gasteiger partial charge >= 0.3 is 0 Å². The predicted octanol–water partition coefficient (Wildman–Crippen LogP) is 2.26. The number of aromatic nitrogens is 1. The molecule has 0 saturated heterocycles. The molecule has 2 aliphatic carbocycles. The minimum atomic E-state index is 0.668. The van der Waals surface area contributed by atoms with Crippen LogP contribution in [-0.4, -0.2) is 11.0 Å². The van der Waals surface area contributed by atoms with Gasteiger partial charge in [-0.05, 0) is 49.7 Å². The maximum atomic E-state index is 5.61. The second kappa shape index (κ2) is 3.40. The van der Waals surface area contributed by atoms with E-state index < -0.39 is 0 Å². The van der Waals surface area contributed by atoms with Crippen LogP contribution in [0.4, 0.5) is 11.5 Å². The van der Waals surface area contributed by atoms with Crippen LogP contribution in [0, 0.1) is 11.8 Å². The third-order valence-corrected chi connectivity index (χ3v) is 3.36. The van der Waals surface area contributed by atoms with Gasteiger partial charge in [0.25, 0.3) is 0 Å². The van der Waals surface area contributed by atoms with Crippen molar-refractivity contribution < 1.29 is 0 Å². The first kappa shape index (κ1) is 9.01. The summed E-state index contributed by atoms with van der Waals surface area (Å²) >= 11 is 0. The molecule has 0 atom stereocenters. The molecular formula is C12H17N3. The van der Waals surface area contributed by atoms with Crippen molar-refractivity contribution in [2.45, 2.75) is 31.7 Å². The lowest BCUT2D eigenvalue weighted by Crippen LogP contribution is -2.24. The molecule has 0 unspecified atom stereocenters. The van der Waals surface area contributed by atoms with Crippen LogP contribution >= 0.6 is 0 Å². The molecule has 0 bridgehead atoms. The van der Waals surface area contributed by atoms with Gasteiger partial charge in [0.2, 0.25) is 0 Å². The summed E-state index contributed by atoms with van der Waals surface area (Å²) < 4.78 is 0. The van der Waals surface area contributed by atoms with Gasteiger partial charge < -0.3 is 11.1 Å². The van der Waals surface area contributed by atoms with Crippen molar-refractivity contribution in [2.75, 3.05) is 11.1 Å². The van der Waals surface area contributed by atoms with Crippen LogP contribution in [0.15, 0.2) is 18.3 Å². The van der Waals surface area contributed by atoms with Crippen LogP contribution in [0.25, 0.3) is 0 Å². The molecule has 0 amide bonds. The first-order valence-corrected chi connectivity index (χ1v) is 5.81. The van der Waals surface area contributed by atoms with E-state index in [1.54, 1.807) is 6.20 Å². The minimum absolute atomic E-state index is 0.668. The van der Waals surface area contributed by atoms with Crippen LogP contribution in [0.1, 0.15) is 25.7 Å². The number of pyridine rings is 1. The predicted molar refractivity (Wildman–Crippen MR) is 61.5 cm³/mol. The van der Waals surface area contributed by atoms with Crippen molar-refractivity contribution in [3.63, 3.8) is 0 Å². The Labute approximate surface area is 90.1 Å². The lowest BCUT2D eigenvalue weighted by molar-refractivity contribution is 0.566. The van der Waals surface area contributed by atoms with E-state index in [-0.39, 0.29) is 0 Å². The van der Waals surface area contributed by atoms with E-state index in [0.29, 0.717) is 6.04 Å². The molecule has 15 heavy (non-hydrogen) atoms. The van der Waals surface area contributed by atoms with Crippen LogP contribution in [-0.2, 0) is 0 Å². The summed E-state index contributed by atoms with van der Waals surface area (Å²) in [5.74, 6) is 2.78. The molecular weight excluding hydrogens is 186 g/mol. The fourth-order valence-corrected chi connectivity index (χ4v) is 2.19. The Balaban J connectivity index is 1.69. The highest BCUT2D eigenvalue weighted by Crippen LogP contribution is 2.45. The van der Waals surface area contributed by atoms with Crippen molar-refractivity contribution in [2.24, 2.45) is 11.8 Å². The second-order valence-electron chi connectivity index (χ2n) is 4.82. The van der Waals surface area contributed by atoms with Crippen LogP contribution in [0.3, 0.4) is 0 Å². The lowest BCUT2D eigenvalue weighted by atomic mass is 10.1. The SMILES string of the molecule is Nc1ccc(NC(C2CC2)C2CC2)nc1. The molecule has 0 spiro atoms. The number of nitrogens with two attached hydrogens (primary N) is 1. The van der Waals surface area contributed by atoms with Gasteiger partial charge in [-0.2, -0.15) is 0 Å². The molecule has 3 rings (SSSR count). The van der Waals surface area contributed by atoms with Gasteiger partial charge in [0.05, 0.1) is 11.9 Å². The summed E-state index contributed by atoms with van der Waals surface area (Å²) in [4.78, 5) is 4.30. The van der Waals surface area contributed by atoms with E-state index in [9.17, 15) is 0 Å². The zero-order valence-corrected chi connectivity index (χ0v) is 8.82. The van der Waals surface area contributed by atoms with E-state index in [1.165, 1.54) is 25.7 Å². The van der Waals surface area contributed by atoms with E-state index in [0.717, 1.165) is 23.3 Å². The Hall–Kier alpha value is -1.25. The molecule has 0 radical (unpaired) electrons. The minimum Gasteiger partial charge on any atom is -0.397 e. The first-order valence-electron chi connectivity index (χ1n) is 5.81. The fourth-order valence-electron chi connectivity index (χ4n) is 2.19. The number of anilines is 2. The largest absolute Gasteiger partial charge is 0.397 e. The van der Waals surface area contributed by atoms with Crippen molar-refractivity contribution in [3.8, 4) is 0 Å². The molecule has 2 saturated carbocycles. The molecule has 0 aliphatic heterocycles. The number of hydrogen-bond acceptors (Lipinski definition) is 3. The number of hydrogen-bond donors (Lipinski definition) is 2. The molecule has 2 fully saturated rings.